The number of fused-ring (bicyclic) bond motifs is 18. The first-order valence-corrected chi connectivity index (χ1v) is 36.0. The molecule has 4 nitrogen and oxygen atoms in total. The third-order valence-corrected chi connectivity index (χ3v) is 22.4. The first-order valence-electron chi connectivity index (χ1n) is 36.0. The SMILES string of the molecule is CC(C)(C)c1cc2c3c(c1)N(c1c(-c4ccccc4)cccc1-c1ccccc1)c1cc(-n4c5ccc6ccccc6c5c5c6ccccc6ccc54)ccc1B3c1ccc(-n3c4ccc5ccccc5c4c4c5ccccc5ccc43)cc1N2c1c(-c2ccccc2)cccc1-c1ccccc1. The summed E-state index contributed by atoms with van der Waals surface area (Å²) in [5.74, 6) is 0. The second-order valence-electron chi connectivity index (χ2n) is 29.0. The Balaban J connectivity index is 0.930. The van der Waals surface area contributed by atoms with Gasteiger partial charge in [-0.1, -0.05) is 312 Å². The summed E-state index contributed by atoms with van der Waals surface area (Å²) in [5, 5.41) is 14.9. The fourth-order valence-electron chi connectivity index (χ4n) is 17.8. The molecule has 2 aliphatic heterocycles. The summed E-state index contributed by atoms with van der Waals surface area (Å²) in [7, 11) is 0. The van der Waals surface area contributed by atoms with Crippen molar-refractivity contribution >= 4 is 144 Å². The molecule has 2 aromatic heterocycles. The number of rotatable bonds is 8. The van der Waals surface area contributed by atoms with E-state index in [-0.39, 0.29) is 12.1 Å². The molecule has 0 aliphatic carbocycles. The molecule has 482 valence electrons. The molecule has 103 heavy (non-hydrogen) atoms. The van der Waals surface area contributed by atoms with Gasteiger partial charge in [0.05, 0.1) is 33.4 Å². The van der Waals surface area contributed by atoms with Gasteiger partial charge in [-0.05, 0) is 153 Å². The van der Waals surface area contributed by atoms with Gasteiger partial charge in [0, 0.05) is 77.9 Å². The summed E-state index contributed by atoms with van der Waals surface area (Å²) in [4.78, 5) is 5.41. The van der Waals surface area contributed by atoms with Crippen molar-refractivity contribution in [3.05, 3.63) is 357 Å². The Labute approximate surface area is 598 Å². The summed E-state index contributed by atoms with van der Waals surface area (Å²) in [5.41, 5.74) is 27.4. The maximum Gasteiger partial charge on any atom is 0.252 e. The third-order valence-electron chi connectivity index (χ3n) is 22.4. The summed E-state index contributed by atoms with van der Waals surface area (Å²) >= 11 is 0. The fraction of sp³-hybridized carbons (Fsp3) is 0.0408. The summed E-state index contributed by atoms with van der Waals surface area (Å²) in [6.07, 6.45) is 0. The molecule has 0 radical (unpaired) electrons. The zero-order chi connectivity index (χ0) is 68.2. The Morgan fingerprint density at radius 1 is 0.252 bits per heavy atom. The zero-order valence-corrected chi connectivity index (χ0v) is 57.4. The van der Waals surface area contributed by atoms with E-state index in [0.29, 0.717) is 0 Å². The highest BCUT2D eigenvalue weighted by Crippen LogP contribution is 2.55. The lowest BCUT2D eigenvalue weighted by Crippen LogP contribution is -2.61. The minimum atomic E-state index is -0.325. The molecule has 19 aromatic rings. The molecule has 0 saturated heterocycles. The first kappa shape index (κ1) is 59.0. The molecule has 5 heteroatoms. The van der Waals surface area contributed by atoms with Crippen LogP contribution in [0, 0.1) is 0 Å². The smallest absolute Gasteiger partial charge is 0.252 e. The standard InChI is InChI=1S/C98H67BN4/c1-98(2,3)70-58-89-95-90(59-70)103(97-79(64-30-12-6-13-31-64)44-25-45-80(97)65-32-14-7-15-33-65)88-61-72(101-85-56-48-68-36-18-22-40-75(68)93(85)94-76-41-23-19-37-69(76)49-57-86(94)101)51-53-82(88)99(95)81-52-50-71(60-87(81)102(89)96-77(62-26-8-4-9-27-62)42-24-43-78(96)63-28-10-5-11-29-63)100-83-54-46-66-34-16-20-38-73(66)91(83)92-74-39-21-17-35-67(74)47-55-84(92)100/h4-61H,1-3H3. The van der Waals surface area contributed by atoms with Crippen LogP contribution >= 0.6 is 0 Å². The Morgan fingerprint density at radius 3 is 0.845 bits per heavy atom. The maximum absolute atomic E-state index is 2.71. The van der Waals surface area contributed by atoms with Crippen LogP contribution in [0.1, 0.15) is 26.3 Å². The van der Waals surface area contributed by atoms with Crippen LogP contribution < -0.4 is 26.2 Å². The average Bonchev–Trinajstić information content (AvgIpc) is 1.02. The van der Waals surface area contributed by atoms with Gasteiger partial charge in [0.2, 0.25) is 0 Å². The van der Waals surface area contributed by atoms with Crippen molar-refractivity contribution in [2.45, 2.75) is 26.2 Å². The lowest BCUT2D eigenvalue weighted by atomic mass is 9.33. The van der Waals surface area contributed by atoms with Crippen molar-refractivity contribution in [2.24, 2.45) is 0 Å². The van der Waals surface area contributed by atoms with Crippen LogP contribution in [0.3, 0.4) is 0 Å². The van der Waals surface area contributed by atoms with Crippen LogP contribution in [-0.2, 0) is 5.41 Å². The lowest BCUT2D eigenvalue weighted by molar-refractivity contribution is 0.590. The molecule has 0 N–H and O–H groups in total. The first-order chi connectivity index (χ1) is 50.8. The monoisotopic (exact) mass is 1310 g/mol. The summed E-state index contributed by atoms with van der Waals surface area (Å²) in [6, 6.07) is 133. The minimum Gasteiger partial charge on any atom is -0.310 e. The second kappa shape index (κ2) is 22.8. The van der Waals surface area contributed by atoms with Crippen LogP contribution in [0.4, 0.5) is 34.1 Å². The highest BCUT2D eigenvalue weighted by Gasteiger charge is 2.46. The van der Waals surface area contributed by atoms with Gasteiger partial charge in [-0.25, -0.2) is 0 Å². The van der Waals surface area contributed by atoms with Crippen molar-refractivity contribution in [3.8, 4) is 55.9 Å². The number of hydrogen-bond donors (Lipinski definition) is 0. The molecular formula is C98H67BN4. The lowest BCUT2D eigenvalue weighted by Gasteiger charge is -2.46. The van der Waals surface area contributed by atoms with Gasteiger partial charge in [-0.15, -0.1) is 0 Å². The van der Waals surface area contributed by atoms with Crippen LogP contribution in [0.15, 0.2) is 352 Å². The highest BCUT2D eigenvalue weighted by atomic mass is 15.2. The number of nitrogens with zero attached hydrogens (tertiary/aromatic N) is 4. The Hall–Kier alpha value is -13.0. The van der Waals surface area contributed by atoms with E-state index < -0.39 is 0 Å². The van der Waals surface area contributed by atoms with Gasteiger partial charge in [0.15, 0.2) is 0 Å². The van der Waals surface area contributed by atoms with Crippen LogP contribution in [-0.4, -0.2) is 15.8 Å². The average molecular weight is 1310 g/mol. The molecular weight excluding hydrogens is 1240 g/mol. The molecule has 0 spiro atoms. The van der Waals surface area contributed by atoms with Crippen LogP contribution in [0.2, 0.25) is 0 Å². The minimum absolute atomic E-state index is 0.246. The molecule has 21 rings (SSSR count). The van der Waals surface area contributed by atoms with Crippen molar-refractivity contribution in [1.82, 2.24) is 9.13 Å². The highest BCUT2D eigenvalue weighted by molar-refractivity contribution is 7.00. The van der Waals surface area contributed by atoms with Crippen molar-refractivity contribution in [1.29, 1.82) is 0 Å². The Kier molecular flexibility index (Phi) is 13.0. The largest absolute Gasteiger partial charge is 0.310 e. The molecule has 0 fully saturated rings. The van der Waals surface area contributed by atoms with Gasteiger partial charge in [0.25, 0.3) is 6.71 Å². The van der Waals surface area contributed by atoms with Gasteiger partial charge in [-0.3, -0.25) is 0 Å². The van der Waals surface area contributed by atoms with E-state index in [0.717, 1.165) is 90.0 Å². The zero-order valence-electron chi connectivity index (χ0n) is 57.4. The normalized spacial score (nSPS) is 12.7. The van der Waals surface area contributed by atoms with Gasteiger partial charge in [0.1, 0.15) is 0 Å². The van der Waals surface area contributed by atoms with Crippen molar-refractivity contribution in [2.75, 3.05) is 9.80 Å². The summed E-state index contributed by atoms with van der Waals surface area (Å²) in [6.45, 7) is 6.93. The van der Waals surface area contributed by atoms with Gasteiger partial charge in [-0.2, -0.15) is 0 Å². The third kappa shape index (κ3) is 8.92. The maximum atomic E-state index is 2.71. The van der Waals surface area contributed by atoms with E-state index in [9.17, 15) is 0 Å². The predicted octanol–water partition coefficient (Wildman–Crippen LogP) is 24.5. The summed E-state index contributed by atoms with van der Waals surface area (Å²) < 4.78 is 5.12. The molecule has 2 aliphatic rings. The van der Waals surface area contributed by atoms with Crippen LogP contribution in [0.25, 0.3) is 143 Å². The molecule has 4 heterocycles. The molecule has 0 atom stereocenters. The number of anilines is 6. The number of para-hydroxylation sites is 2. The quantitative estimate of drug-likeness (QED) is 0.141. The fourth-order valence-corrected chi connectivity index (χ4v) is 17.8. The van der Waals surface area contributed by atoms with E-state index in [4.69, 9.17) is 0 Å². The predicted molar refractivity (Wildman–Crippen MR) is 440 cm³/mol. The van der Waals surface area contributed by atoms with Crippen LogP contribution in [0.5, 0.6) is 0 Å². The van der Waals surface area contributed by atoms with E-state index in [1.54, 1.807) is 0 Å². The Morgan fingerprint density at radius 2 is 0.544 bits per heavy atom. The van der Waals surface area contributed by atoms with E-state index in [1.165, 1.54) is 109 Å². The number of aromatic nitrogens is 2. The molecule has 0 amide bonds. The van der Waals surface area contributed by atoms with E-state index in [2.05, 4.69) is 392 Å². The molecule has 17 aromatic carbocycles. The molecule has 0 unspecified atom stereocenters. The topological polar surface area (TPSA) is 16.3 Å². The molecule has 0 bridgehead atoms. The van der Waals surface area contributed by atoms with Gasteiger partial charge < -0.3 is 18.9 Å². The van der Waals surface area contributed by atoms with Crippen molar-refractivity contribution < 1.29 is 0 Å². The van der Waals surface area contributed by atoms with E-state index >= 15 is 0 Å². The second-order valence-corrected chi connectivity index (χ2v) is 29.0. The van der Waals surface area contributed by atoms with E-state index in [1.807, 2.05) is 0 Å². The number of hydrogen-bond acceptors (Lipinski definition) is 2. The van der Waals surface area contributed by atoms with Crippen molar-refractivity contribution in [3.63, 3.8) is 0 Å². The Bertz CT molecular complexity index is 6020. The van der Waals surface area contributed by atoms with Gasteiger partial charge >= 0.3 is 0 Å². The molecule has 0 saturated carbocycles. The number of benzene rings is 17.